The smallest absolute Gasteiger partial charge is 0.159 e. The summed E-state index contributed by atoms with van der Waals surface area (Å²) in [5.41, 5.74) is 10.7. The third-order valence-electron chi connectivity index (χ3n) is 13.8. The maximum atomic E-state index is 7.27. The molecule has 8 aromatic carbocycles. The van der Waals surface area contributed by atoms with E-state index in [-0.39, 0.29) is 0 Å². The Morgan fingerprint density at radius 2 is 1.05 bits per heavy atom. The summed E-state index contributed by atoms with van der Waals surface area (Å²) >= 11 is 1.98. The van der Waals surface area contributed by atoms with Gasteiger partial charge in [0.1, 0.15) is 5.58 Å². The highest BCUT2D eigenvalue weighted by Crippen LogP contribution is 2.51. The SMILES string of the molecule is c1ccc2c(-c3c(N(c4ccc5c(c4)sc4c(C6CCCCC6)cccc45)c4cccc5c4oc4c(C6CCCCC6)cccc45)ccc4ccccc34)cccc2c1. The van der Waals surface area contributed by atoms with Gasteiger partial charge < -0.3 is 9.32 Å². The average molecular weight is 782 g/mol. The van der Waals surface area contributed by atoms with Gasteiger partial charge in [-0.3, -0.25) is 0 Å². The van der Waals surface area contributed by atoms with E-state index in [0.717, 1.165) is 28.2 Å². The second-order valence-corrected chi connectivity index (χ2v) is 18.3. The van der Waals surface area contributed by atoms with Gasteiger partial charge in [-0.15, -0.1) is 11.3 Å². The fraction of sp³-hybridized carbons (Fsp3) is 0.214. The van der Waals surface area contributed by atoms with Gasteiger partial charge in [0.2, 0.25) is 0 Å². The number of anilines is 3. The molecule has 3 heteroatoms. The van der Waals surface area contributed by atoms with E-state index in [4.69, 9.17) is 4.42 Å². The predicted molar refractivity (Wildman–Crippen MR) is 253 cm³/mol. The van der Waals surface area contributed by atoms with E-state index in [9.17, 15) is 0 Å². The summed E-state index contributed by atoms with van der Waals surface area (Å²) in [5.74, 6) is 1.20. The van der Waals surface area contributed by atoms with Crippen LogP contribution in [0, 0.1) is 0 Å². The number of hydrogen-bond donors (Lipinski definition) is 0. The molecule has 0 atom stereocenters. The molecular weight excluding hydrogens is 735 g/mol. The molecule has 2 saturated carbocycles. The minimum atomic E-state index is 0.542. The van der Waals surface area contributed by atoms with E-state index in [2.05, 4.69) is 157 Å². The Hall–Kier alpha value is -5.90. The molecule has 0 amide bonds. The van der Waals surface area contributed by atoms with Crippen LogP contribution in [0.4, 0.5) is 17.1 Å². The number of furan rings is 1. The second-order valence-electron chi connectivity index (χ2n) is 17.2. The number of hydrogen-bond acceptors (Lipinski definition) is 3. The average Bonchev–Trinajstić information content (AvgIpc) is 3.88. The molecule has 288 valence electrons. The molecular formula is C56H47NOS. The Labute approximate surface area is 349 Å². The van der Waals surface area contributed by atoms with Crippen LogP contribution in [0.2, 0.25) is 0 Å². The summed E-state index contributed by atoms with van der Waals surface area (Å²) < 4.78 is 10.1. The van der Waals surface area contributed by atoms with Gasteiger partial charge in [0.15, 0.2) is 5.58 Å². The molecule has 2 aliphatic carbocycles. The van der Waals surface area contributed by atoms with Crippen molar-refractivity contribution in [3.05, 3.63) is 163 Å². The standard InChI is InChI=1S/C56H47NOS/c1-3-15-37(16-4-1)43-24-12-27-47-48-28-14-30-51(55(48)58-54(43)47)57(40-32-33-45-49-29-13-25-44(38-17-5-2-6-18-38)56(49)59-52(45)35-40)50-34-31-39-20-8-10-23-42(39)53(50)46-26-11-21-36-19-7-9-22-41(36)46/h7-14,19-35,37-38H,1-6,15-18H2. The minimum Gasteiger partial charge on any atom is -0.454 e. The largest absolute Gasteiger partial charge is 0.454 e. The van der Waals surface area contributed by atoms with Crippen LogP contribution in [0.15, 0.2) is 156 Å². The molecule has 0 N–H and O–H groups in total. The molecule has 2 fully saturated rings. The molecule has 12 rings (SSSR count). The fourth-order valence-electron chi connectivity index (χ4n) is 11.0. The molecule has 0 spiro atoms. The molecule has 0 radical (unpaired) electrons. The van der Waals surface area contributed by atoms with Crippen molar-refractivity contribution in [3.8, 4) is 11.1 Å². The lowest BCUT2D eigenvalue weighted by atomic mass is 9.83. The van der Waals surface area contributed by atoms with Crippen LogP contribution in [0.1, 0.15) is 87.2 Å². The Kier molecular flexibility index (Phi) is 8.58. The first kappa shape index (κ1) is 35.1. The van der Waals surface area contributed by atoms with Gasteiger partial charge in [0.25, 0.3) is 0 Å². The van der Waals surface area contributed by atoms with Crippen LogP contribution < -0.4 is 4.90 Å². The van der Waals surface area contributed by atoms with Crippen molar-refractivity contribution in [1.82, 2.24) is 0 Å². The van der Waals surface area contributed by atoms with Crippen molar-refractivity contribution in [2.24, 2.45) is 0 Å². The van der Waals surface area contributed by atoms with E-state index >= 15 is 0 Å². The quantitative estimate of drug-likeness (QED) is 0.167. The van der Waals surface area contributed by atoms with E-state index in [1.165, 1.54) is 133 Å². The third-order valence-corrected chi connectivity index (χ3v) is 15.1. The van der Waals surface area contributed by atoms with E-state index in [1.807, 2.05) is 11.3 Å². The Balaban J connectivity index is 1.14. The van der Waals surface area contributed by atoms with E-state index in [1.54, 1.807) is 5.56 Å². The third kappa shape index (κ3) is 5.80. The molecule has 0 unspecified atom stereocenters. The summed E-state index contributed by atoms with van der Waals surface area (Å²) in [5, 5.41) is 10.1. The zero-order valence-corrected chi connectivity index (χ0v) is 34.2. The van der Waals surface area contributed by atoms with Crippen molar-refractivity contribution in [3.63, 3.8) is 0 Å². The first-order valence-corrected chi connectivity index (χ1v) is 22.8. The first-order chi connectivity index (χ1) is 29.3. The van der Waals surface area contributed by atoms with Gasteiger partial charge >= 0.3 is 0 Å². The number of thiophene rings is 1. The topological polar surface area (TPSA) is 16.4 Å². The normalized spacial score (nSPS) is 15.7. The zero-order valence-electron chi connectivity index (χ0n) is 33.4. The highest BCUT2D eigenvalue weighted by molar-refractivity contribution is 7.26. The van der Waals surface area contributed by atoms with E-state index < -0.39 is 0 Å². The molecule has 2 nitrogen and oxygen atoms in total. The lowest BCUT2D eigenvalue weighted by Crippen LogP contribution is -2.12. The van der Waals surface area contributed by atoms with Gasteiger partial charge in [-0.2, -0.15) is 0 Å². The summed E-state index contributed by atoms with van der Waals surface area (Å²) in [4.78, 5) is 2.51. The van der Waals surface area contributed by atoms with Crippen LogP contribution in [0.3, 0.4) is 0 Å². The maximum absolute atomic E-state index is 7.27. The Bertz CT molecular complexity index is 3200. The zero-order chi connectivity index (χ0) is 38.9. The van der Waals surface area contributed by atoms with Crippen LogP contribution >= 0.6 is 11.3 Å². The summed E-state index contributed by atoms with van der Waals surface area (Å²) in [6, 6.07) is 57.0. The monoisotopic (exact) mass is 781 g/mol. The molecule has 59 heavy (non-hydrogen) atoms. The number of nitrogens with zero attached hydrogens (tertiary/aromatic N) is 1. The number of rotatable bonds is 6. The second kappa shape index (κ2) is 14.4. The number of benzene rings is 8. The molecule has 2 heterocycles. The fourth-order valence-corrected chi connectivity index (χ4v) is 12.3. The molecule has 0 aliphatic heterocycles. The highest BCUT2D eigenvalue weighted by atomic mass is 32.1. The summed E-state index contributed by atoms with van der Waals surface area (Å²) in [7, 11) is 0. The van der Waals surface area contributed by atoms with Gasteiger partial charge in [-0.05, 0) is 100 Å². The molecule has 0 saturated heterocycles. The van der Waals surface area contributed by atoms with Crippen molar-refractivity contribution in [2.45, 2.75) is 76.0 Å². The molecule has 2 aliphatic rings. The summed E-state index contributed by atoms with van der Waals surface area (Å²) in [6.45, 7) is 0. The van der Waals surface area contributed by atoms with Gasteiger partial charge in [-0.25, -0.2) is 0 Å². The van der Waals surface area contributed by atoms with Crippen molar-refractivity contribution in [1.29, 1.82) is 0 Å². The van der Waals surface area contributed by atoms with E-state index in [0.29, 0.717) is 11.8 Å². The predicted octanol–water partition coefficient (Wildman–Crippen LogP) is 17.5. The maximum Gasteiger partial charge on any atom is 0.159 e. The minimum absolute atomic E-state index is 0.542. The van der Waals surface area contributed by atoms with Crippen LogP contribution in [-0.4, -0.2) is 0 Å². The molecule has 2 aromatic heterocycles. The van der Waals surface area contributed by atoms with Gasteiger partial charge in [0, 0.05) is 42.2 Å². The molecule has 10 aromatic rings. The van der Waals surface area contributed by atoms with Gasteiger partial charge in [0.05, 0.1) is 11.4 Å². The number of fused-ring (bicyclic) bond motifs is 8. The van der Waals surface area contributed by atoms with Crippen molar-refractivity contribution < 1.29 is 4.42 Å². The summed E-state index contributed by atoms with van der Waals surface area (Å²) in [6.07, 6.45) is 13.0. The first-order valence-electron chi connectivity index (χ1n) is 22.0. The lowest BCUT2D eigenvalue weighted by Gasteiger charge is -2.29. The van der Waals surface area contributed by atoms with Crippen LogP contribution in [0.5, 0.6) is 0 Å². The van der Waals surface area contributed by atoms with Crippen molar-refractivity contribution >= 4 is 92.1 Å². The molecule has 0 bridgehead atoms. The Morgan fingerprint density at radius 3 is 1.85 bits per heavy atom. The van der Waals surface area contributed by atoms with Crippen LogP contribution in [0.25, 0.3) is 74.8 Å². The Morgan fingerprint density at radius 1 is 0.441 bits per heavy atom. The van der Waals surface area contributed by atoms with Gasteiger partial charge in [-0.1, -0.05) is 166 Å². The highest BCUT2D eigenvalue weighted by Gasteiger charge is 2.27. The van der Waals surface area contributed by atoms with Crippen LogP contribution in [-0.2, 0) is 0 Å². The van der Waals surface area contributed by atoms with Crippen molar-refractivity contribution in [2.75, 3.05) is 4.90 Å². The number of para-hydroxylation sites is 2. The lowest BCUT2D eigenvalue weighted by molar-refractivity contribution is 0.442.